The van der Waals surface area contributed by atoms with Gasteiger partial charge in [0.05, 0.1) is 0 Å². The molecule has 1 N–H and O–H groups in total. The van der Waals surface area contributed by atoms with Crippen LogP contribution in [0.25, 0.3) is 0 Å². The molecule has 0 aromatic carbocycles. The van der Waals surface area contributed by atoms with Crippen LogP contribution in [-0.4, -0.2) is 31.7 Å². The molecule has 104 valence electrons. The van der Waals surface area contributed by atoms with Crippen molar-refractivity contribution < 1.29 is 4.21 Å². The Kier molecular flexibility index (Phi) is 4.11. The molecule has 1 aromatic rings. The lowest BCUT2D eigenvalue weighted by molar-refractivity contribution is 0.621. The highest BCUT2D eigenvalue weighted by atomic mass is 32.2. The van der Waals surface area contributed by atoms with E-state index in [1.807, 2.05) is 0 Å². The largest absolute Gasteiger partial charge is 0.367 e. The quantitative estimate of drug-likeness (QED) is 0.842. The first-order valence-corrected chi connectivity index (χ1v) is 8.76. The summed E-state index contributed by atoms with van der Waals surface area (Å²) in [6.45, 7) is 0. The van der Waals surface area contributed by atoms with Crippen LogP contribution in [0.2, 0.25) is 0 Å². The molecule has 2 heterocycles. The van der Waals surface area contributed by atoms with Gasteiger partial charge in [-0.1, -0.05) is 6.42 Å². The average molecular weight is 279 g/mol. The number of nitrogens with one attached hydrogen (secondary N) is 1. The molecule has 5 heteroatoms. The number of aryl methyl sites for hydroxylation is 1. The summed E-state index contributed by atoms with van der Waals surface area (Å²) in [5.74, 6) is 2.68. The first-order chi connectivity index (χ1) is 9.33. The molecule has 0 radical (unpaired) electrons. The van der Waals surface area contributed by atoms with Crippen LogP contribution in [0.3, 0.4) is 0 Å². The summed E-state index contributed by atoms with van der Waals surface area (Å²) in [4.78, 5) is 8.89. The van der Waals surface area contributed by atoms with Gasteiger partial charge >= 0.3 is 0 Å². The molecule has 1 saturated heterocycles. The third kappa shape index (κ3) is 3.14. The van der Waals surface area contributed by atoms with Crippen molar-refractivity contribution in [1.29, 1.82) is 0 Å². The first kappa shape index (κ1) is 13.0. The second kappa shape index (κ2) is 5.99. The maximum atomic E-state index is 11.4. The van der Waals surface area contributed by atoms with Crippen LogP contribution in [0.15, 0.2) is 6.33 Å². The van der Waals surface area contributed by atoms with Gasteiger partial charge in [0.1, 0.15) is 12.1 Å². The smallest absolute Gasteiger partial charge is 0.133 e. The van der Waals surface area contributed by atoms with Crippen molar-refractivity contribution in [3.8, 4) is 0 Å². The monoisotopic (exact) mass is 279 g/mol. The molecule has 1 aliphatic carbocycles. The maximum absolute atomic E-state index is 11.4. The normalized spacial score (nSPS) is 27.4. The third-order valence-electron chi connectivity index (χ3n) is 4.10. The maximum Gasteiger partial charge on any atom is 0.133 e. The number of anilines is 1. The highest BCUT2D eigenvalue weighted by Gasteiger charge is 2.20. The molecule has 19 heavy (non-hydrogen) atoms. The molecule has 0 bridgehead atoms. The van der Waals surface area contributed by atoms with Crippen molar-refractivity contribution in [2.75, 3.05) is 16.8 Å². The number of hydrogen-bond donors (Lipinski definition) is 1. The molecule has 1 fully saturated rings. The van der Waals surface area contributed by atoms with Crippen molar-refractivity contribution in [3.05, 3.63) is 17.6 Å². The van der Waals surface area contributed by atoms with Gasteiger partial charge in [0.15, 0.2) is 0 Å². The summed E-state index contributed by atoms with van der Waals surface area (Å²) in [6, 6.07) is 0.431. The standard InChI is InChI=1S/C14H21N3OS/c18-19-8-6-11(7-9-19)17-14-12-4-2-1-3-5-13(12)15-10-16-14/h10-11H,1-9H2,(H,15,16,17). The topological polar surface area (TPSA) is 54.9 Å². The van der Waals surface area contributed by atoms with Crippen LogP contribution in [-0.2, 0) is 23.6 Å². The minimum atomic E-state index is -0.596. The molecule has 4 nitrogen and oxygen atoms in total. The van der Waals surface area contributed by atoms with Crippen molar-refractivity contribution in [2.24, 2.45) is 0 Å². The SMILES string of the molecule is O=S1CCC(Nc2ncnc3c2CCCCC3)CC1. The van der Waals surface area contributed by atoms with Crippen LogP contribution in [0.1, 0.15) is 43.4 Å². The van der Waals surface area contributed by atoms with Gasteiger partial charge in [-0.2, -0.15) is 0 Å². The van der Waals surface area contributed by atoms with E-state index in [2.05, 4.69) is 15.3 Å². The predicted octanol–water partition coefficient (Wildman–Crippen LogP) is 2.07. The van der Waals surface area contributed by atoms with Gasteiger partial charge in [-0.05, 0) is 38.5 Å². The molecule has 2 aliphatic rings. The molecular weight excluding hydrogens is 258 g/mol. The van der Waals surface area contributed by atoms with E-state index in [9.17, 15) is 4.21 Å². The Balaban J connectivity index is 1.75. The highest BCUT2D eigenvalue weighted by Crippen LogP contribution is 2.25. The van der Waals surface area contributed by atoms with Crippen LogP contribution < -0.4 is 5.32 Å². The molecule has 0 atom stereocenters. The number of fused-ring (bicyclic) bond motifs is 1. The van der Waals surface area contributed by atoms with Gasteiger partial charge in [0.25, 0.3) is 0 Å². The van der Waals surface area contributed by atoms with E-state index in [0.717, 1.165) is 43.0 Å². The van der Waals surface area contributed by atoms with Gasteiger partial charge in [0.2, 0.25) is 0 Å². The summed E-state index contributed by atoms with van der Waals surface area (Å²) in [7, 11) is -0.596. The minimum absolute atomic E-state index is 0.431. The highest BCUT2D eigenvalue weighted by molar-refractivity contribution is 7.85. The number of nitrogens with zero attached hydrogens (tertiary/aromatic N) is 2. The fourth-order valence-corrected chi connectivity index (χ4v) is 4.25. The Morgan fingerprint density at radius 2 is 1.89 bits per heavy atom. The van der Waals surface area contributed by atoms with Crippen LogP contribution in [0.5, 0.6) is 0 Å². The van der Waals surface area contributed by atoms with Gasteiger partial charge < -0.3 is 5.32 Å². The number of rotatable bonds is 2. The molecule has 3 rings (SSSR count). The first-order valence-electron chi connectivity index (χ1n) is 7.27. The van der Waals surface area contributed by atoms with Gasteiger partial charge in [-0.25, -0.2) is 9.97 Å². The zero-order valence-corrected chi connectivity index (χ0v) is 12.0. The van der Waals surface area contributed by atoms with Gasteiger partial charge in [0, 0.05) is 39.6 Å². The fraction of sp³-hybridized carbons (Fsp3) is 0.714. The molecule has 0 amide bonds. The molecular formula is C14H21N3OS. The number of hydrogen-bond acceptors (Lipinski definition) is 4. The van der Waals surface area contributed by atoms with Crippen LogP contribution in [0, 0.1) is 0 Å². The molecule has 0 unspecified atom stereocenters. The van der Waals surface area contributed by atoms with E-state index in [-0.39, 0.29) is 0 Å². The van der Waals surface area contributed by atoms with Gasteiger partial charge in [-0.15, -0.1) is 0 Å². The Morgan fingerprint density at radius 1 is 1.11 bits per heavy atom. The van der Waals surface area contributed by atoms with Crippen molar-refractivity contribution in [1.82, 2.24) is 9.97 Å². The Hall–Kier alpha value is -0.970. The molecule has 0 spiro atoms. The second-order valence-electron chi connectivity index (χ2n) is 5.47. The van der Waals surface area contributed by atoms with E-state index in [1.54, 1.807) is 6.33 Å². The zero-order valence-electron chi connectivity index (χ0n) is 11.2. The van der Waals surface area contributed by atoms with Crippen LogP contribution >= 0.6 is 0 Å². The average Bonchev–Trinajstić information content (AvgIpc) is 2.67. The Morgan fingerprint density at radius 3 is 2.74 bits per heavy atom. The van der Waals surface area contributed by atoms with Crippen LogP contribution in [0.4, 0.5) is 5.82 Å². The summed E-state index contributed by atoms with van der Waals surface area (Å²) in [5, 5.41) is 3.57. The lowest BCUT2D eigenvalue weighted by atomic mass is 10.1. The van der Waals surface area contributed by atoms with Crippen molar-refractivity contribution in [2.45, 2.75) is 51.0 Å². The van der Waals surface area contributed by atoms with Crippen molar-refractivity contribution in [3.63, 3.8) is 0 Å². The second-order valence-corrected chi connectivity index (χ2v) is 7.17. The third-order valence-corrected chi connectivity index (χ3v) is 5.49. The Bertz CT molecular complexity index is 468. The molecule has 1 aliphatic heterocycles. The fourth-order valence-electron chi connectivity index (χ4n) is 2.95. The van der Waals surface area contributed by atoms with E-state index in [0.29, 0.717) is 6.04 Å². The lowest BCUT2D eigenvalue weighted by Crippen LogP contribution is -2.30. The minimum Gasteiger partial charge on any atom is -0.367 e. The summed E-state index contributed by atoms with van der Waals surface area (Å²) < 4.78 is 11.4. The molecule has 0 saturated carbocycles. The zero-order chi connectivity index (χ0) is 13.1. The van der Waals surface area contributed by atoms with Gasteiger partial charge in [-0.3, -0.25) is 4.21 Å². The Labute approximate surface area is 116 Å². The summed E-state index contributed by atoms with van der Waals surface area (Å²) in [6.07, 6.45) is 9.62. The summed E-state index contributed by atoms with van der Waals surface area (Å²) >= 11 is 0. The van der Waals surface area contributed by atoms with E-state index >= 15 is 0 Å². The van der Waals surface area contributed by atoms with E-state index in [4.69, 9.17) is 0 Å². The van der Waals surface area contributed by atoms with E-state index < -0.39 is 10.8 Å². The number of aromatic nitrogens is 2. The lowest BCUT2D eigenvalue weighted by Gasteiger charge is -2.24. The van der Waals surface area contributed by atoms with E-state index in [1.165, 1.54) is 30.5 Å². The summed E-state index contributed by atoms with van der Waals surface area (Å²) in [5.41, 5.74) is 2.56. The predicted molar refractivity (Wildman–Crippen MR) is 77.8 cm³/mol. The van der Waals surface area contributed by atoms with Crippen molar-refractivity contribution >= 4 is 16.6 Å². The molecule has 1 aromatic heterocycles.